The van der Waals surface area contributed by atoms with E-state index in [9.17, 15) is 18.0 Å². The van der Waals surface area contributed by atoms with Crippen LogP contribution >= 0.6 is 0 Å². The molecule has 0 aliphatic carbocycles. The number of benzene rings is 2. The molecule has 0 radical (unpaired) electrons. The van der Waals surface area contributed by atoms with Gasteiger partial charge in [-0.2, -0.15) is 13.2 Å². The molecule has 0 unspecified atom stereocenters. The van der Waals surface area contributed by atoms with E-state index in [1.165, 1.54) is 30.6 Å². The van der Waals surface area contributed by atoms with Gasteiger partial charge < -0.3 is 21.1 Å². The van der Waals surface area contributed by atoms with E-state index in [2.05, 4.69) is 25.6 Å². The van der Waals surface area contributed by atoms with E-state index in [1.807, 2.05) is 0 Å². The number of nitrogens with two attached hydrogens (primary N) is 1. The average molecular weight is 480 g/mol. The van der Waals surface area contributed by atoms with Crippen LogP contribution in [-0.2, 0) is 6.18 Å². The van der Waals surface area contributed by atoms with Gasteiger partial charge >= 0.3 is 12.2 Å². The molecule has 0 saturated carbocycles. The van der Waals surface area contributed by atoms with Gasteiger partial charge in [0, 0.05) is 28.7 Å². The summed E-state index contributed by atoms with van der Waals surface area (Å²) >= 11 is 0. The number of hydrogen-bond acceptors (Lipinski definition) is 6. The maximum atomic E-state index is 13.7. The van der Waals surface area contributed by atoms with Gasteiger partial charge in [-0.3, -0.25) is 4.98 Å². The lowest BCUT2D eigenvalue weighted by Gasteiger charge is -2.15. The standard InChI is InChI=1S/C24H19F3N6O2/c1-14-3-2-4-20(31-14)18-10-7-16(11-19(18)24(25,26)27)33-23(34)32-15-5-8-17(9-6-15)35-22-12-21(28)29-13-30-22/h2-13H,1H3,(H2,28,29,30)(H2,32,33,34). The van der Waals surface area contributed by atoms with Crippen molar-refractivity contribution in [2.75, 3.05) is 16.4 Å². The Morgan fingerprint density at radius 2 is 1.66 bits per heavy atom. The number of rotatable bonds is 5. The van der Waals surface area contributed by atoms with Crippen LogP contribution in [0.15, 0.2) is 73.1 Å². The fourth-order valence-corrected chi connectivity index (χ4v) is 3.20. The first-order chi connectivity index (χ1) is 16.7. The van der Waals surface area contributed by atoms with E-state index < -0.39 is 17.8 Å². The Morgan fingerprint density at radius 1 is 0.943 bits per heavy atom. The van der Waals surface area contributed by atoms with Crippen LogP contribution in [-0.4, -0.2) is 21.0 Å². The summed E-state index contributed by atoms with van der Waals surface area (Å²) in [5, 5.41) is 4.98. The van der Waals surface area contributed by atoms with Crippen LogP contribution in [0.5, 0.6) is 11.6 Å². The Morgan fingerprint density at radius 3 is 2.34 bits per heavy atom. The number of carbonyl (C=O) groups is 1. The number of nitrogens with one attached hydrogen (secondary N) is 2. The zero-order valence-corrected chi connectivity index (χ0v) is 18.3. The average Bonchev–Trinajstić information content (AvgIpc) is 2.80. The first-order valence-electron chi connectivity index (χ1n) is 10.3. The van der Waals surface area contributed by atoms with Gasteiger partial charge in [0.2, 0.25) is 5.88 Å². The van der Waals surface area contributed by atoms with Crippen molar-refractivity contribution in [3.05, 3.63) is 84.3 Å². The van der Waals surface area contributed by atoms with Crippen molar-refractivity contribution in [1.82, 2.24) is 15.0 Å². The van der Waals surface area contributed by atoms with Crippen molar-refractivity contribution in [3.63, 3.8) is 0 Å². The highest BCUT2D eigenvalue weighted by Gasteiger charge is 2.34. The molecule has 0 saturated heterocycles. The summed E-state index contributed by atoms with van der Waals surface area (Å²) in [5.74, 6) is 0.937. The lowest BCUT2D eigenvalue weighted by Crippen LogP contribution is -2.20. The van der Waals surface area contributed by atoms with Gasteiger partial charge in [0.25, 0.3) is 0 Å². The molecule has 0 bridgehead atoms. The first kappa shape index (κ1) is 23.5. The Kier molecular flexibility index (Phi) is 6.49. The number of nitrogen functional groups attached to an aromatic ring is 1. The maximum Gasteiger partial charge on any atom is 0.417 e. The number of urea groups is 1. The molecule has 0 aliphatic heterocycles. The lowest BCUT2D eigenvalue weighted by molar-refractivity contribution is -0.137. The largest absolute Gasteiger partial charge is 0.439 e. The number of anilines is 3. The molecule has 2 amide bonds. The molecule has 2 heterocycles. The second-order valence-corrected chi connectivity index (χ2v) is 7.41. The minimum absolute atomic E-state index is 0.0208. The Labute approximate surface area is 198 Å². The second kappa shape index (κ2) is 9.67. The highest BCUT2D eigenvalue weighted by molar-refractivity contribution is 6.00. The fraction of sp³-hybridized carbons (Fsp3) is 0.0833. The molecular formula is C24H19F3N6O2. The van der Waals surface area contributed by atoms with Gasteiger partial charge in [-0.25, -0.2) is 14.8 Å². The number of halogens is 3. The smallest absolute Gasteiger partial charge is 0.417 e. The molecule has 11 heteroatoms. The molecule has 0 fully saturated rings. The second-order valence-electron chi connectivity index (χ2n) is 7.41. The van der Waals surface area contributed by atoms with Crippen LogP contribution in [0, 0.1) is 6.92 Å². The zero-order valence-electron chi connectivity index (χ0n) is 18.3. The van der Waals surface area contributed by atoms with Gasteiger partial charge in [0.05, 0.1) is 11.3 Å². The summed E-state index contributed by atoms with van der Waals surface area (Å²) in [6.45, 7) is 1.70. The minimum Gasteiger partial charge on any atom is -0.439 e. The Hall–Kier alpha value is -4.67. The minimum atomic E-state index is -4.64. The molecule has 0 atom stereocenters. The molecule has 2 aromatic carbocycles. The van der Waals surface area contributed by atoms with E-state index in [-0.39, 0.29) is 28.6 Å². The summed E-state index contributed by atoms with van der Waals surface area (Å²) in [7, 11) is 0. The predicted molar refractivity (Wildman–Crippen MR) is 125 cm³/mol. The van der Waals surface area contributed by atoms with Crippen molar-refractivity contribution >= 4 is 23.2 Å². The highest BCUT2D eigenvalue weighted by Crippen LogP contribution is 2.38. The van der Waals surface area contributed by atoms with E-state index >= 15 is 0 Å². The number of aryl methyl sites for hydroxylation is 1. The highest BCUT2D eigenvalue weighted by atomic mass is 19.4. The van der Waals surface area contributed by atoms with Crippen molar-refractivity contribution in [1.29, 1.82) is 0 Å². The molecular weight excluding hydrogens is 461 g/mol. The van der Waals surface area contributed by atoms with Crippen molar-refractivity contribution in [2.45, 2.75) is 13.1 Å². The van der Waals surface area contributed by atoms with Gasteiger partial charge in [0.15, 0.2) is 0 Å². The zero-order chi connectivity index (χ0) is 25.0. The number of hydrogen-bond donors (Lipinski definition) is 3. The van der Waals surface area contributed by atoms with Crippen molar-refractivity contribution in [2.24, 2.45) is 0 Å². The molecule has 178 valence electrons. The SMILES string of the molecule is Cc1cccc(-c2ccc(NC(=O)Nc3ccc(Oc4cc(N)ncn4)cc3)cc2C(F)(F)F)n1. The van der Waals surface area contributed by atoms with E-state index in [1.54, 1.807) is 43.3 Å². The molecule has 2 aromatic heterocycles. The molecule has 0 aliphatic rings. The number of carbonyl (C=O) groups excluding carboxylic acids is 1. The summed E-state index contributed by atoms with van der Waals surface area (Å²) in [5.41, 5.74) is 5.77. The molecule has 4 rings (SSSR count). The number of amides is 2. The monoisotopic (exact) mass is 480 g/mol. The molecule has 8 nitrogen and oxygen atoms in total. The fourth-order valence-electron chi connectivity index (χ4n) is 3.20. The molecule has 4 N–H and O–H groups in total. The van der Waals surface area contributed by atoms with E-state index in [0.29, 0.717) is 17.1 Å². The number of nitrogens with zero attached hydrogens (tertiary/aromatic N) is 3. The van der Waals surface area contributed by atoms with Gasteiger partial charge in [-0.15, -0.1) is 0 Å². The first-order valence-corrected chi connectivity index (χ1v) is 10.3. The third-order valence-electron chi connectivity index (χ3n) is 4.74. The summed E-state index contributed by atoms with van der Waals surface area (Å²) < 4.78 is 46.7. The van der Waals surface area contributed by atoms with Crippen molar-refractivity contribution in [3.8, 4) is 22.9 Å². The Bertz CT molecular complexity index is 1360. The summed E-state index contributed by atoms with van der Waals surface area (Å²) in [4.78, 5) is 24.3. The van der Waals surface area contributed by atoms with Crippen LogP contribution in [0.2, 0.25) is 0 Å². The Balaban J connectivity index is 1.46. The van der Waals surface area contributed by atoms with Crippen LogP contribution in [0.4, 0.5) is 35.2 Å². The third kappa shape index (κ3) is 6.02. The van der Waals surface area contributed by atoms with Crippen LogP contribution in [0.1, 0.15) is 11.3 Å². The van der Waals surface area contributed by atoms with Gasteiger partial charge in [-0.05, 0) is 55.5 Å². The van der Waals surface area contributed by atoms with Gasteiger partial charge in [-0.1, -0.05) is 12.1 Å². The number of alkyl halides is 3. The van der Waals surface area contributed by atoms with E-state index in [4.69, 9.17) is 10.5 Å². The predicted octanol–water partition coefficient (Wildman–Crippen LogP) is 5.88. The topological polar surface area (TPSA) is 115 Å². The maximum absolute atomic E-state index is 13.7. The molecule has 35 heavy (non-hydrogen) atoms. The van der Waals surface area contributed by atoms with E-state index in [0.717, 1.165) is 6.07 Å². The van der Waals surface area contributed by atoms with Crippen LogP contribution in [0.25, 0.3) is 11.3 Å². The lowest BCUT2D eigenvalue weighted by atomic mass is 10.0. The van der Waals surface area contributed by atoms with Crippen LogP contribution in [0.3, 0.4) is 0 Å². The van der Waals surface area contributed by atoms with Gasteiger partial charge in [0.1, 0.15) is 17.9 Å². The number of aromatic nitrogens is 3. The van der Waals surface area contributed by atoms with Crippen molar-refractivity contribution < 1.29 is 22.7 Å². The normalized spacial score (nSPS) is 11.1. The van der Waals surface area contributed by atoms with Crippen LogP contribution < -0.4 is 21.1 Å². The molecule has 4 aromatic rings. The molecule has 0 spiro atoms. The quantitative estimate of drug-likeness (QED) is 0.328. The third-order valence-corrected chi connectivity index (χ3v) is 4.74. The summed E-state index contributed by atoms with van der Waals surface area (Å²) in [6.07, 6.45) is -3.38. The number of pyridine rings is 1. The summed E-state index contributed by atoms with van der Waals surface area (Å²) in [6, 6.07) is 15.4. The number of ether oxygens (including phenoxy) is 1.